The molecule has 4 amide bonds. The number of unbranched alkanes of at least 4 members (excludes halogenated alkanes) is 3. The SMILES string of the molecule is O=C(CCCC[C@@H]1SC[C@@H]2NC(=O)N[C@@H]21)NCCCCCC(=O)NCCCOCCOCCOCCCN1CCCC1. The highest BCUT2D eigenvalue weighted by Gasteiger charge is 2.42. The standard InChI is InChI=1S/C30H55N5O6S/c36-27(32-14-8-18-39-20-22-41-23-21-40-19-9-17-35-15-6-7-16-35)11-2-1-5-13-31-28(37)12-4-3-10-26-29-25(24-42-26)33-30(38)34-29/h25-26,29H,1-24H2,(H,31,37)(H,32,36)(H2,33,34,38)/t25-,26-,29-/m0/s1. The normalized spacial score (nSPS) is 21.7. The minimum atomic E-state index is -0.0517. The first-order valence-corrected chi connectivity index (χ1v) is 17.3. The molecule has 3 aliphatic rings. The molecule has 0 bridgehead atoms. The van der Waals surface area contributed by atoms with Gasteiger partial charge in [0.15, 0.2) is 0 Å². The number of amides is 4. The maximum Gasteiger partial charge on any atom is 0.315 e. The number of rotatable bonds is 25. The van der Waals surface area contributed by atoms with Crippen LogP contribution in [0.25, 0.3) is 0 Å². The molecular formula is C30H55N5O6S. The lowest BCUT2D eigenvalue weighted by molar-refractivity contribution is -0.122. The molecule has 242 valence electrons. The highest BCUT2D eigenvalue weighted by Crippen LogP contribution is 2.33. The largest absolute Gasteiger partial charge is 0.379 e. The zero-order chi connectivity index (χ0) is 29.7. The summed E-state index contributed by atoms with van der Waals surface area (Å²) in [6, 6.07) is 0.440. The van der Waals surface area contributed by atoms with E-state index in [0.29, 0.717) is 64.2 Å². The summed E-state index contributed by atoms with van der Waals surface area (Å²) in [6.45, 7) is 8.64. The van der Waals surface area contributed by atoms with Gasteiger partial charge in [0.2, 0.25) is 11.8 Å². The molecule has 3 saturated heterocycles. The maximum absolute atomic E-state index is 12.1. The van der Waals surface area contributed by atoms with Crippen LogP contribution in [0.2, 0.25) is 0 Å². The number of hydrogen-bond donors (Lipinski definition) is 4. The molecule has 0 spiro atoms. The molecule has 0 radical (unpaired) electrons. The summed E-state index contributed by atoms with van der Waals surface area (Å²) in [7, 11) is 0. The quantitative estimate of drug-likeness (QED) is 0.0913. The molecule has 3 aliphatic heterocycles. The van der Waals surface area contributed by atoms with Crippen LogP contribution >= 0.6 is 11.8 Å². The van der Waals surface area contributed by atoms with Crippen molar-refractivity contribution in [3.05, 3.63) is 0 Å². The van der Waals surface area contributed by atoms with Crippen LogP contribution in [0.1, 0.15) is 77.0 Å². The van der Waals surface area contributed by atoms with Crippen molar-refractivity contribution in [3.8, 4) is 0 Å². The number of carbonyl (C=O) groups excluding carboxylic acids is 3. The Kier molecular flexibility index (Phi) is 18.3. The van der Waals surface area contributed by atoms with E-state index < -0.39 is 0 Å². The fourth-order valence-electron chi connectivity index (χ4n) is 5.61. The number of urea groups is 1. The molecule has 0 aromatic heterocycles. The van der Waals surface area contributed by atoms with E-state index in [4.69, 9.17) is 14.2 Å². The number of ether oxygens (including phenoxy) is 3. The van der Waals surface area contributed by atoms with Crippen molar-refractivity contribution in [2.45, 2.75) is 94.4 Å². The number of nitrogens with one attached hydrogen (secondary N) is 4. The summed E-state index contributed by atoms with van der Waals surface area (Å²) >= 11 is 1.91. The Morgan fingerprint density at radius 1 is 0.762 bits per heavy atom. The van der Waals surface area contributed by atoms with Crippen LogP contribution in [0.5, 0.6) is 0 Å². The molecular weight excluding hydrogens is 558 g/mol. The van der Waals surface area contributed by atoms with Gasteiger partial charge in [0.05, 0.1) is 38.5 Å². The van der Waals surface area contributed by atoms with Gasteiger partial charge in [-0.05, 0) is 64.5 Å². The molecule has 0 aromatic carbocycles. The van der Waals surface area contributed by atoms with E-state index >= 15 is 0 Å². The predicted octanol–water partition coefficient (Wildman–Crippen LogP) is 2.43. The zero-order valence-corrected chi connectivity index (χ0v) is 26.3. The van der Waals surface area contributed by atoms with E-state index in [1.165, 1.54) is 25.9 Å². The fraction of sp³-hybridized carbons (Fsp3) is 0.900. The van der Waals surface area contributed by atoms with Crippen molar-refractivity contribution in [1.82, 2.24) is 26.2 Å². The van der Waals surface area contributed by atoms with Crippen molar-refractivity contribution in [2.24, 2.45) is 0 Å². The number of hydrogen-bond acceptors (Lipinski definition) is 8. The Bertz CT molecular complexity index is 772. The van der Waals surface area contributed by atoms with Gasteiger partial charge in [0.1, 0.15) is 0 Å². The van der Waals surface area contributed by atoms with E-state index in [0.717, 1.165) is 70.3 Å². The molecule has 12 heteroatoms. The van der Waals surface area contributed by atoms with Crippen LogP contribution in [0.15, 0.2) is 0 Å². The highest BCUT2D eigenvalue weighted by atomic mass is 32.2. The molecule has 0 unspecified atom stereocenters. The van der Waals surface area contributed by atoms with Crippen molar-refractivity contribution >= 4 is 29.6 Å². The second kappa shape index (κ2) is 22.0. The molecule has 3 fully saturated rings. The predicted molar refractivity (Wildman–Crippen MR) is 166 cm³/mol. The lowest BCUT2D eigenvalue weighted by Gasteiger charge is -2.16. The van der Waals surface area contributed by atoms with Gasteiger partial charge in [-0.15, -0.1) is 0 Å². The van der Waals surface area contributed by atoms with Gasteiger partial charge < -0.3 is 40.4 Å². The van der Waals surface area contributed by atoms with E-state index in [9.17, 15) is 14.4 Å². The van der Waals surface area contributed by atoms with Gasteiger partial charge >= 0.3 is 6.03 Å². The summed E-state index contributed by atoms with van der Waals surface area (Å²) < 4.78 is 16.7. The van der Waals surface area contributed by atoms with Crippen molar-refractivity contribution in [1.29, 1.82) is 0 Å². The molecule has 42 heavy (non-hydrogen) atoms. The lowest BCUT2D eigenvalue weighted by Crippen LogP contribution is -2.36. The van der Waals surface area contributed by atoms with Gasteiger partial charge in [0.25, 0.3) is 0 Å². The van der Waals surface area contributed by atoms with Gasteiger partial charge in [-0.25, -0.2) is 4.79 Å². The average molecular weight is 614 g/mol. The van der Waals surface area contributed by atoms with Crippen LogP contribution in [0, 0.1) is 0 Å². The summed E-state index contributed by atoms with van der Waals surface area (Å²) in [5.41, 5.74) is 0. The Hall–Kier alpha value is -1.60. The van der Waals surface area contributed by atoms with Crippen LogP contribution in [0.4, 0.5) is 4.79 Å². The first-order chi connectivity index (χ1) is 20.6. The van der Waals surface area contributed by atoms with Crippen molar-refractivity contribution in [3.63, 3.8) is 0 Å². The Labute approximate surface area is 256 Å². The van der Waals surface area contributed by atoms with E-state index in [2.05, 4.69) is 26.2 Å². The Morgan fingerprint density at radius 2 is 1.38 bits per heavy atom. The number of nitrogens with zero attached hydrogens (tertiary/aromatic N) is 1. The fourth-order valence-corrected chi connectivity index (χ4v) is 7.15. The number of carbonyl (C=O) groups is 3. The smallest absolute Gasteiger partial charge is 0.315 e. The number of fused-ring (bicyclic) bond motifs is 1. The third kappa shape index (κ3) is 15.2. The van der Waals surface area contributed by atoms with Crippen LogP contribution in [-0.4, -0.2) is 118 Å². The van der Waals surface area contributed by atoms with Crippen LogP contribution < -0.4 is 21.3 Å². The van der Waals surface area contributed by atoms with Crippen LogP contribution in [-0.2, 0) is 23.8 Å². The van der Waals surface area contributed by atoms with Crippen LogP contribution in [0.3, 0.4) is 0 Å². The highest BCUT2D eigenvalue weighted by molar-refractivity contribution is 8.00. The topological polar surface area (TPSA) is 130 Å². The zero-order valence-electron chi connectivity index (χ0n) is 25.5. The summed E-state index contributed by atoms with van der Waals surface area (Å²) in [5.74, 6) is 1.14. The maximum atomic E-state index is 12.1. The van der Waals surface area contributed by atoms with Gasteiger partial charge in [-0.2, -0.15) is 11.8 Å². The van der Waals surface area contributed by atoms with E-state index in [1.54, 1.807) is 0 Å². The van der Waals surface area contributed by atoms with Crippen molar-refractivity contribution in [2.75, 3.05) is 78.1 Å². The summed E-state index contributed by atoms with van der Waals surface area (Å²) in [5, 5.41) is 12.4. The molecule has 0 saturated carbocycles. The van der Waals surface area contributed by atoms with E-state index in [1.807, 2.05) is 11.8 Å². The van der Waals surface area contributed by atoms with Gasteiger partial charge in [-0.1, -0.05) is 12.8 Å². The third-order valence-electron chi connectivity index (χ3n) is 7.98. The monoisotopic (exact) mass is 613 g/mol. The minimum Gasteiger partial charge on any atom is -0.379 e. The first-order valence-electron chi connectivity index (χ1n) is 16.3. The first kappa shape index (κ1) is 34.9. The van der Waals surface area contributed by atoms with Crippen molar-refractivity contribution < 1.29 is 28.6 Å². The lowest BCUT2D eigenvalue weighted by atomic mass is 10.0. The number of thioether (sulfide) groups is 1. The molecule has 0 aliphatic carbocycles. The molecule has 0 aromatic rings. The molecule has 3 atom stereocenters. The molecule has 11 nitrogen and oxygen atoms in total. The average Bonchev–Trinajstić information content (AvgIpc) is 3.72. The Balaban J connectivity index is 0.980. The molecule has 4 N–H and O–H groups in total. The molecule has 3 rings (SSSR count). The number of likely N-dealkylation sites (tertiary alicyclic amines) is 1. The third-order valence-corrected chi connectivity index (χ3v) is 9.49. The second-order valence-electron chi connectivity index (χ2n) is 11.5. The minimum absolute atomic E-state index is 0.0517. The Morgan fingerprint density at radius 3 is 2.10 bits per heavy atom. The molecule has 3 heterocycles. The van der Waals surface area contributed by atoms with Gasteiger partial charge in [-0.3, -0.25) is 9.59 Å². The second-order valence-corrected chi connectivity index (χ2v) is 12.7. The summed E-state index contributed by atoms with van der Waals surface area (Å²) in [6.07, 6.45) is 11.1. The van der Waals surface area contributed by atoms with E-state index in [-0.39, 0.29) is 29.9 Å². The summed E-state index contributed by atoms with van der Waals surface area (Å²) in [4.78, 5) is 38.0. The van der Waals surface area contributed by atoms with Gasteiger partial charge in [0, 0.05) is 56.7 Å².